The van der Waals surface area contributed by atoms with E-state index >= 15 is 0 Å². The van der Waals surface area contributed by atoms with E-state index in [9.17, 15) is 0 Å². The second-order valence-corrected chi connectivity index (χ2v) is 5.28. The summed E-state index contributed by atoms with van der Waals surface area (Å²) < 4.78 is 11.2. The lowest BCUT2D eigenvalue weighted by molar-refractivity contribution is 0.0550. The first-order chi connectivity index (χ1) is 9.09. The molecule has 1 heterocycles. The van der Waals surface area contributed by atoms with Gasteiger partial charge in [0, 0.05) is 24.5 Å². The minimum atomic E-state index is 0.244. The van der Waals surface area contributed by atoms with Crippen LogP contribution in [0.25, 0.3) is 0 Å². The molecule has 0 aliphatic rings. The highest BCUT2D eigenvalue weighted by Gasteiger charge is 2.04. The fraction of sp³-hybridized carbons (Fsp3) is 0.667. The van der Waals surface area contributed by atoms with E-state index in [2.05, 4.69) is 24.1 Å². The third-order valence-corrected chi connectivity index (χ3v) is 2.52. The molecule has 1 rings (SSSR count). The van der Waals surface area contributed by atoms with Crippen molar-refractivity contribution in [3.05, 3.63) is 24.0 Å². The van der Waals surface area contributed by atoms with Crippen LogP contribution in [0.3, 0.4) is 0 Å². The molecule has 0 aliphatic carbocycles. The van der Waals surface area contributed by atoms with Crippen LogP contribution in [0.1, 0.15) is 33.3 Å². The molecule has 0 atom stereocenters. The van der Waals surface area contributed by atoms with Gasteiger partial charge in [0.05, 0.1) is 12.7 Å². The Hall–Kier alpha value is -1.13. The maximum Gasteiger partial charge on any atom is 0.126 e. The highest BCUT2D eigenvalue weighted by molar-refractivity contribution is 5.29. The van der Waals surface area contributed by atoms with Crippen LogP contribution in [0.4, 0.5) is 0 Å². The van der Waals surface area contributed by atoms with E-state index in [-0.39, 0.29) is 6.10 Å². The number of rotatable bonds is 9. The van der Waals surface area contributed by atoms with Gasteiger partial charge in [-0.15, -0.1) is 0 Å². The zero-order chi connectivity index (χ0) is 14.1. The molecule has 0 amide bonds. The summed E-state index contributed by atoms with van der Waals surface area (Å²) in [6.07, 6.45) is 3.85. The van der Waals surface area contributed by atoms with E-state index in [1.165, 1.54) is 0 Å². The van der Waals surface area contributed by atoms with Crippen LogP contribution in [0.5, 0.6) is 5.75 Å². The number of hydrogen-bond acceptors (Lipinski definition) is 4. The Morgan fingerprint density at radius 3 is 2.68 bits per heavy atom. The summed E-state index contributed by atoms with van der Waals surface area (Å²) in [5, 5.41) is 3.40. The Morgan fingerprint density at radius 1 is 1.21 bits per heavy atom. The van der Waals surface area contributed by atoms with Gasteiger partial charge in [-0.3, -0.25) is 4.98 Å². The number of aromatic nitrogens is 1. The van der Waals surface area contributed by atoms with E-state index in [0.717, 1.165) is 24.4 Å². The third-order valence-electron chi connectivity index (χ3n) is 2.52. The zero-order valence-corrected chi connectivity index (χ0v) is 12.5. The van der Waals surface area contributed by atoms with E-state index in [4.69, 9.17) is 9.47 Å². The van der Waals surface area contributed by atoms with Gasteiger partial charge in [-0.05, 0) is 32.4 Å². The zero-order valence-electron chi connectivity index (χ0n) is 12.5. The first kappa shape index (κ1) is 15.9. The second kappa shape index (κ2) is 8.88. The molecule has 0 fully saturated rings. The largest absolute Gasteiger partial charge is 0.491 e. The van der Waals surface area contributed by atoms with E-state index in [0.29, 0.717) is 19.1 Å². The first-order valence-corrected chi connectivity index (χ1v) is 6.97. The highest BCUT2D eigenvalue weighted by Crippen LogP contribution is 2.16. The van der Waals surface area contributed by atoms with Gasteiger partial charge in [-0.25, -0.2) is 0 Å². The third kappa shape index (κ3) is 7.13. The van der Waals surface area contributed by atoms with Crippen molar-refractivity contribution >= 4 is 0 Å². The molecule has 0 saturated carbocycles. The lowest BCUT2D eigenvalue weighted by Gasteiger charge is -2.13. The topological polar surface area (TPSA) is 43.4 Å². The predicted molar refractivity (Wildman–Crippen MR) is 77.4 cm³/mol. The van der Waals surface area contributed by atoms with Crippen LogP contribution in [0.2, 0.25) is 0 Å². The monoisotopic (exact) mass is 266 g/mol. The molecule has 0 aromatic carbocycles. The molecule has 4 nitrogen and oxygen atoms in total. The molecule has 19 heavy (non-hydrogen) atoms. The van der Waals surface area contributed by atoms with E-state index in [1.54, 1.807) is 6.20 Å². The number of pyridine rings is 1. The highest BCUT2D eigenvalue weighted by atomic mass is 16.5. The summed E-state index contributed by atoms with van der Waals surface area (Å²) in [5.74, 6) is 1.53. The Kier molecular flexibility index (Phi) is 7.45. The normalized spacial score (nSPS) is 11.3. The lowest BCUT2D eigenvalue weighted by Crippen LogP contribution is -2.20. The van der Waals surface area contributed by atoms with Gasteiger partial charge >= 0.3 is 0 Å². The van der Waals surface area contributed by atoms with Gasteiger partial charge in [0.25, 0.3) is 0 Å². The fourth-order valence-electron chi connectivity index (χ4n) is 1.62. The van der Waals surface area contributed by atoms with Crippen LogP contribution in [-0.4, -0.2) is 30.8 Å². The number of nitrogens with zero attached hydrogens (tertiary/aromatic N) is 1. The summed E-state index contributed by atoms with van der Waals surface area (Å²) in [6.45, 7) is 11.4. The van der Waals surface area contributed by atoms with Crippen LogP contribution < -0.4 is 10.1 Å². The maximum absolute atomic E-state index is 5.74. The average Bonchev–Trinajstić information content (AvgIpc) is 2.35. The molecular weight excluding hydrogens is 240 g/mol. The molecule has 108 valence electrons. The van der Waals surface area contributed by atoms with Crippen molar-refractivity contribution < 1.29 is 9.47 Å². The van der Waals surface area contributed by atoms with E-state index in [1.807, 2.05) is 26.1 Å². The Balaban J connectivity index is 2.39. The van der Waals surface area contributed by atoms with E-state index < -0.39 is 0 Å². The van der Waals surface area contributed by atoms with Crippen LogP contribution >= 0.6 is 0 Å². The Bertz CT molecular complexity index is 354. The minimum Gasteiger partial charge on any atom is -0.491 e. The standard InChI is InChI=1S/C15H26N2O2/c1-12(2)9-17-11-14-10-16-6-5-15(14)19-8-7-18-13(3)4/h5-6,10,12-13,17H,7-9,11H2,1-4H3. The van der Waals surface area contributed by atoms with Gasteiger partial charge in [0.15, 0.2) is 0 Å². The van der Waals surface area contributed by atoms with Gasteiger partial charge in [0.1, 0.15) is 12.4 Å². The molecule has 0 aliphatic heterocycles. The van der Waals surface area contributed by atoms with Crippen molar-refractivity contribution in [1.29, 1.82) is 0 Å². The molecule has 0 spiro atoms. The minimum absolute atomic E-state index is 0.244. The van der Waals surface area contributed by atoms with Crippen molar-refractivity contribution in [2.24, 2.45) is 5.92 Å². The second-order valence-electron chi connectivity index (χ2n) is 5.28. The lowest BCUT2D eigenvalue weighted by atomic mass is 10.2. The first-order valence-electron chi connectivity index (χ1n) is 6.97. The molecule has 1 aromatic heterocycles. The van der Waals surface area contributed by atoms with Crippen molar-refractivity contribution in [3.8, 4) is 5.75 Å². The molecule has 1 N–H and O–H groups in total. The molecule has 0 unspecified atom stereocenters. The van der Waals surface area contributed by atoms with Crippen LogP contribution in [0, 0.1) is 5.92 Å². The van der Waals surface area contributed by atoms with Gasteiger partial charge in [-0.1, -0.05) is 13.8 Å². The average molecular weight is 266 g/mol. The molecule has 1 aromatic rings. The Morgan fingerprint density at radius 2 is 2.00 bits per heavy atom. The Labute approximate surface area is 116 Å². The summed E-state index contributed by atoms with van der Waals surface area (Å²) in [7, 11) is 0. The van der Waals surface area contributed by atoms with Crippen molar-refractivity contribution in [2.45, 2.75) is 40.3 Å². The predicted octanol–water partition coefficient (Wildman–Crippen LogP) is 2.63. The van der Waals surface area contributed by atoms with Gasteiger partial charge < -0.3 is 14.8 Å². The molecule has 4 heteroatoms. The SMILES string of the molecule is CC(C)CNCc1cnccc1OCCOC(C)C. The fourth-order valence-corrected chi connectivity index (χ4v) is 1.62. The van der Waals surface area contributed by atoms with Crippen molar-refractivity contribution in [1.82, 2.24) is 10.3 Å². The van der Waals surface area contributed by atoms with Gasteiger partial charge in [0.2, 0.25) is 0 Å². The number of nitrogens with one attached hydrogen (secondary N) is 1. The number of ether oxygens (including phenoxy) is 2. The summed E-state index contributed by atoms with van der Waals surface area (Å²) in [5.41, 5.74) is 1.09. The molecule has 0 bridgehead atoms. The molecule has 0 saturated heterocycles. The molecular formula is C15H26N2O2. The van der Waals surface area contributed by atoms with Gasteiger partial charge in [-0.2, -0.15) is 0 Å². The maximum atomic E-state index is 5.74. The van der Waals surface area contributed by atoms with Crippen molar-refractivity contribution in [2.75, 3.05) is 19.8 Å². The molecule has 0 radical (unpaired) electrons. The summed E-state index contributed by atoms with van der Waals surface area (Å²) >= 11 is 0. The summed E-state index contributed by atoms with van der Waals surface area (Å²) in [4.78, 5) is 4.15. The van der Waals surface area contributed by atoms with Crippen LogP contribution in [0.15, 0.2) is 18.5 Å². The summed E-state index contributed by atoms with van der Waals surface area (Å²) in [6, 6.07) is 1.90. The quantitative estimate of drug-likeness (QED) is 0.698. The van der Waals surface area contributed by atoms with Crippen LogP contribution in [-0.2, 0) is 11.3 Å². The smallest absolute Gasteiger partial charge is 0.126 e. The number of hydrogen-bond donors (Lipinski definition) is 1. The van der Waals surface area contributed by atoms with Crippen molar-refractivity contribution in [3.63, 3.8) is 0 Å².